The average molecular weight is 674 g/mol. The van der Waals surface area contributed by atoms with Crippen molar-refractivity contribution in [3.63, 3.8) is 0 Å². The number of furan rings is 3. The summed E-state index contributed by atoms with van der Waals surface area (Å²) in [5.41, 5.74) is 11.5. The number of aromatic nitrogens is 3. The number of hydrogen-bond acceptors (Lipinski definition) is 5. The van der Waals surface area contributed by atoms with Gasteiger partial charge in [-0.25, -0.2) is 19.3 Å². The molecule has 0 unspecified atom stereocenters. The van der Waals surface area contributed by atoms with Crippen LogP contribution in [0.2, 0.25) is 0 Å². The van der Waals surface area contributed by atoms with Crippen LogP contribution in [-0.2, 0) is 5.41 Å². The summed E-state index contributed by atoms with van der Waals surface area (Å²) in [5.74, 6) is 0.985. The molecule has 5 nitrogen and oxygen atoms in total. The van der Waals surface area contributed by atoms with Gasteiger partial charge in [0.15, 0.2) is 17.5 Å². The lowest BCUT2D eigenvalue weighted by molar-refractivity contribution is 0.628. The second-order valence-electron chi connectivity index (χ2n) is 14.1. The number of halogens is 1. The van der Waals surface area contributed by atoms with Crippen LogP contribution in [0, 0.1) is 5.82 Å². The molecule has 0 N–H and O–H groups in total. The largest absolute Gasteiger partial charge is 0.456 e. The lowest BCUT2D eigenvalue weighted by atomic mass is 9.81. The van der Waals surface area contributed by atoms with Gasteiger partial charge in [-0.2, -0.15) is 0 Å². The van der Waals surface area contributed by atoms with Gasteiger partial charge in [-0.15, -0.1) is 0 Å². The maximum atomic E-state index is 16.0. The summed E-state index contributed by atoms with van der Waals surface area (Å²) in [6.07, 6.45) is 0. The number of nitrogens with zero attached hydrogens (tertiary/aromatic N) is 3. The Bertz CT molecular complexity index is 3070. The predicted molar refractivity (Wildman–Crippen MR) is 205 cm³/mol. The third-order valence-corrected chi connectivity index (χ3v) is 10.7. The summed E-state index contributed by atoms with van der Waals surface area (Å²) >= 11 is 0. The summed E-state index contributed by atoms with van der Waals surface area (Å²) in [6, 6.07) is 43.4. The van der Waals surface area contributed by atoms with Crippen molar-refractivity contribution >= 4 is 43.9 Å². The molecule has 0 atom stereocenters. The molecule has 0 amide bonds. The maximum Gasteiger partial charge on any atom is 0.164 e. The molecule has 0 radical (unpaired) electrons. The third-order valence-electron chi connectivity index (χ3n) is 10.7. The standard InChI is InChI=1S/C46H28FN3O2/c1-46(2)34-19-10-17-29(38(34)39-40(46)42-31-15-7-6-14-30(31)41(39)52-42)26-22-27(24-28(47)23-26)44-48-43(25-12-4-3-5-13-25)49-45(50-44)33-18-11-21-36-37(33)32-16-8-9-20-35(32)51-36/h3-24H,1-2H3. The molecule has 52 heavy (non-hydrogen) atoms. The van der Waals surface area contributed by atoms with Crippen molar-refractivity contribution in [1.82, 2.24) is 15.0 Å². The van der Waals surface area contributed by atoms with Crippen LogP contribution < -0.4 is 0 Å². The Balaban J connectivity index is 1.13. The van der Waals surface area contributed by atoms with Gasteiger partial charge < -0.3 is 8.83 Å². The van der Waals surface area contributed by atoms with Crippen molar-refractivity contribution in [2.75, 3.05) is 0 Å². The molecule has 6 heteroatoms. The highest BCUT2D eigenvalue weighted by Crippen LogP contribution is 2.59. The highest BCUT2D eigenvalue weighted by atomic mass is 19.1. The van der Waals surface area contributed by atoms with Gasteiger partial charge in [-0.05, 0) is 52.6 Å². The second-order valence-corrected chi connectivity index (χ2v) is 14.1. The zero-order valence-electron chi connectivity index (χ0n) is 28.2. The fourth-order valence-corrected chi connectivity index (χ4v) is 8.42. The Labute approximate surface area is 297 Å². The molecule has 4 heterocycles. The molecule has 0 saturated carbocycles. The van der Waals surface area contributed by atoms with E-state index < -0.39 is 0 Å². The van der Waals surface area contributed by atoms with Crippen LogP contribution in [0.4, 0.5) is 4.39 Å². The molecule has 0 saturated heterocycles. The van der Waals surface area contributed by atoms with Crippen molar-refractivity contribution in [3.8, 4) is 56.4 Å². The topological polar surface area (TPSA) is 65.0 Å². The highest BCUT2D eigenvalue weighted by molar-refractivity contribution is 6.19. The van der Waals surface area contributed by atoms with Crippen LogP contribution in [0.5, 0.6) is 0 Å². The van der Waals surface area contributed by atoms with Gasteiger partial charge in [0.2, 0.25) is 0 Å². The molecular weight excluding hydrogens is 646 g/mol. The van der Waals surface area contributed by atoms with Gasteiger partial charge in [-0.3, -0.25) is 0 Å². The lowest BCUT2D eigenvalue weighted by Crippen LogP contribution is -2.14. The summed E-state index contributed by atoms with van der Waals surface area (Å²) in [7, 11) is 0. The van der Waals surface area contributed by atoms with Crippen molar-refractivity contribution < 1.29 is 13.2 Å². The summed E-state index contributed by atoms with van der Waals surface area (Å²) < 4.78 is 28.7. The van der Waals surface area contributed by atoms with E-state index in [4.69, 9.17) is 23.8 Å². The van der Waals surface area contributed by atoms with Crippen LogP contribution in [0.15, 0.2) is 142 Å². The fourth-order valence-electron chi connectivity index (χ4n) is 8.42. The van der Waals surface area contributed by atoms with E-state index in [9.17, 15) is 0 Å². The van der Waals surface area contributed by atoms with Gasteiger partial charge in [0, 0.05) is 54.8 Å². The highest BCUT2D eigenvalue weighted by Gasteiger charge is 2.43. The first-order valence-electron chi connectivity index (χ1n) is 17.4. The van der Waals surface area contributed by atoms with E-state index in [0.717, 1.165) is 77.3 Å². The van der Waals surface area contributed by atoms with Gasteiger partial charge in [0.05, 0.1) is 0 Å². The van der Waals surface area contributed by atoms with E-state index >= 15 is 4.39 Å². The molecule has 0 spiro atoms. The third kappa shape index (κ3) is 4.00. The summed E-state index contributed by atoms with van der Waals surface area (Å²) in [5, 5.41) is 4.12. The molecule has 11 rings (SSSR count). The molecule has 1 aliphatic rings. The Morgan fingerprint density at radius 2 is 1.13 bits per heavy atom. The number of benzene rings is 7. The van der Waals surface area contributed by atoms with Gasteiger partial charge >= 0.3 is 0 Å². The van der Waals surface area contributed by atoms with Crippen molar-refractivity contribution in [2.45, 2.75) is 19.3 Å². The number of hydrogen-bond donors (Lipinski definition) is 0. The van der Waals surface area contributed by atoms with Gasteiger partial charge in [0.25, 0.3) is 0 Å². The molecule has 0 aliphatic heterocycles. The van der Waals surface area contributed by atoms with Gasteiger partial charge in [0.1, 0.15) is 28.1 Å². The molecule has 4 aromatic heterocycles. The van der Waals surface area contributed by atoms with Crippen LogP contribution in [-0.4, -0.2) is 15.0 Å². The van der Waals surface area contributed by atoms with E-state index in [1.54, 1.807) is 6.07 Å². The van der Waals surface area contributed by atoms with E-state index in [1.807, 2.05) is 84.9 Å². The van der Waals surface area contributed by atoms with E-state index in [1.165, 1.54) is 17.2 Å². The minimum atomic E-state index is -0.376. The zero-order chi connectivity index (χ0) is 34.7. The van der Waals surface area contributed by atoms with Crippen molar-refractivity contribution in [1.29, 1.82) is 0 Å². The molecule has 10 aromatic rings. The van der Waals surface area contributed by atoms with Crippen LogP contribution in [0.25, 0.3) is 100 Å². The Hall–Kier alpha value is -6.66. The lowest BCUT2D eigenvalue weighted by Gasteiger charge is -2.21. The van der Waals surface area contributed by atoms with Crippen molar-refractivity contribution in [3.05, 3.63) is 150 Å². The Kier molecular flexibility index (Phi) is 5.84. The number of fused-ring (bicyclic) bond motifs is 13. The Morgan fingerprint density at radius 3 is 1.96 bits per heavy atom. The van der Waals surface area contributed by atoms with E-state index in [0.29, 0.717) is 23.0 Å². The zero-order valence-corrected chi connectivity index (χ0v) is 28.2. The average Bonchev–Trinajstić information content (AvgIpc) is 3.93. The molecule has 2 bridgehead atoms. The van der Waals surface area contributed by atoms with Crippen LogP contribution >= 0.6 is 0 Å². The maximum absolute atomic E-state index is 16.0. The predicted octanol–water partition coefficient (Wildman–Crippen LogP) is 12.2. The first-order valence-corrected chi connectivity index (χ1v) is 17.4. The second kappa shape index (κ2) is 10.4. The summed E-state index contributed by atoms with van der Waals surface area (Å²) in [4.78, 5) is 15.0. The first kappa shape index (κ1) is 29.1. The molecule has 1 aliphatic carbocycles. The Morgan fingerprint density at radius 1 is 0.500 bits per heavy atom. The molecular formula is C46H28FN3O2. The fraction of sp³-hybridized carbons (Fsp3) is 0.0652. The first-order chi connectivity index (χ1) is 25.4. The van der Waals surface area contributed by atoms with Crippen LogP contribution in [0.1, 0.15) is 25.0 Å². The molecule has 246 valence electrons. The van der Waals surface area contributed by atoms with E-state index in [-0.39, 0.29) is 11.2 Å². The van der Waals surface area contributed by atoms with Gasteiger partial charge in [-0.1, -0.05) is 117 Å². The number of rotatable bonds is 4. The van der Waals surface area contributed by atoms with Crippen LogP contribution in [0.3, 0.4) is 0 Å². The summed E-state index contributed by atoms with van der Waals surface area (Å²) in [6.45, 7) is 4.49. The normalized spacial score (nSPS) is 13.4. The minimum Gasteiger partial charge on any atom is -0.456 e. The van der Waals surface area contributed by atoms with Crippen molar-refractivity contribution in [2.24, 2.45) is 0 Å². The minimum absolute atomic E-state index is 0.298. The smallest absolute Gasteiger partial charge is 0.164 e. The monoisotopic (exact) mass is 673 g/mol. The van der Waals surface area contributed by atoms with E-state index in [2.05, 4.69) is 50.2 Å². The molecule has 0 fully saturated rings. The number of para-hydroxylation sites is 1. The quantitative estimate of drug-likeness (QED) is 0.186. The SMILES string of the molecule is CC1(C)c2cccc(-c3cc(F)cc(-c4nc(-c5ccccc5)nc(-c5cccc6oc7ccccc7c56)n4)c3)c2-c2c1c1oc2c2ccccc12. The molecule has 6 aromatic carbocycles.